The summed E-state index contributed by atoms with van der Waals surface area (Å²) < 4.78 is 53.9. The summed E-state index contributed by atoms with van der Waals surface area (Å²) in [6.07, 6.45) is -5.02. The molecule has 9 nitrogen and oxygen atoms in total. The molecule has 2 rings (SSSR count). The van der Waals surface area contributed by atoms with Crippen molar-refractivity contribution >= 4 is 23.3 Å². The van der Waals surface area contributed by atoms with Crippen LogP contribution in [0, 0.1) is 10.1 Å². The highest BCUT2D eigenvalue weighted by Gasteiger charge is 2.40. The third kappa shape index (κ3) is 4.00. The Kier molecular flexibility index (Phi) is 5.69. The Balaban J connectivity index is 2.66. The van der Waals surface area contributed by atoms with Gasteiger partial charge in [-0.3, -0.25) is 10.1 Å². The van der Waals surface area contributed by atoms with E-state index in [1.807, 2.05) is 0 Å². The van der Waals surface area contributed by atoms with Gasteiger partial charge in [0.2, 0.25) is 0 Å². The Morgan fingerprint density at radius 3 is 2.37 bits per heavy atom. The first-order chi connectivity index (χ1) is 12.6. The van der Waals surface area contributed by atoms with E-state index in [4.69, 9.17) is 4.74 Å². The minimum absolute atomic E-state index is 0.255. The number of hydrogen-bond donors (Lipinski definition) is 0. The summed E-state index contributed by atoms with van der Waals surface area (Å²) >= 11 is 0. The van der Waals surface area contributed by atoms with Gasteiger partial charge in [-0.05, 0) is 12.1 Å². The molecular weight excluding hydrogens is 377 g/mol. The smallest absolute Gasteiger partial charge is 0.423 e. The van der Waals surface area contributed by atoms with Crippen molar-refractivity contribution in [3.63, 3.8) is 0 Å². The van der Waals surface area contributed by atoms with Crippen molar-refractivity contribution in [2.24, 2.45) is 0 Å². The molecule has 0 amide bonds. The molecule has 1 aromatic rings. The van der Waals surface area contributed by atoms with E-state index < -0.39 is 34.3 Å². The third-order valence-electron chi connectivity index (χ3n) is 3.63. The van der Waals surface area contributed by atoms with Crippen LogP contribution in [0.5, 0.6) is 0 Å². The molecule has 1 aliphatic rings. The van der Waals surface area contributed by atoms with Gasteiger partial charge in [-0.1, -0.05) is 0 Å². The van der Waals surface area contributed by atoms with Crippen LogP contribution < -0.4 is 4.90 Å². The quantitative estimate of drug-likeness (QED) is 0.436. The predicted octanol–water partition coefficient (Wildman–Crippen LogP) is 2.01. The molecule has 0 radical (unpaired) electrons. The van der Waals surface area contributed by atoms with E-state index >= 15 is 0 Å². The first kappa shape index (κ1) is 20.2. The van der Waals surface area contributed by atoms with Crippen LogP contribution in [-0.2, 0) is 30.0 Å². The van der Waals surface area contributed by atoms with Crippen LogP contribution in [-0.4, -0.2) is 44.4 Å². The van der Waals surface area contributed by atoms with Gasteiger partial charge in [-0.25, -0.2) is 9.59 Å². The second kappa shape index (κ2) is 7.61. The van der Waals surface area contributed by atoms with E-state index in [0.717, 1.165) is 25.2 Å². The van der Waals surface area contributed by atoms with E-state index in [9.17, 15) is 32.9 Å². The molecule has 27 heavy (non-hydrogen) atoms. The van der Waals surface area contributed by atoms with Gasteiger partial charge in [-0.15, -0.1) is 0 Å². The Morgan fingerprint density at radius 1 is 1.22 bits per heavy atom. The van der Waals surface area contributed by atoms with Crippen molar-refractivity contribution in [2.45, 2.75) is 6.18 Å². The number of methoxy groups -OCH3 is 2. The van der Waals surface area contributed by atoms with Crippen LogP contribution in [0.3, 0.4) is 0 Å². The summed E-state index contributed by atoms with van der Waals surface area (Å²) in [4.78, 5) is 34.7. The zero-order chi connectivity index (χ0) is 20.4. The fourth-order valence-electron chi connectivity index (χ4n) is 2.43. The minimum Gasteiger partial charge on any atom is -0.466 e. The van der Waals surface area contributed by atoms with Gasteiger partial charge in [0.1, 0.15) is 18.0 Å². The van der Waals surface area contributed by atoms with Crippen LogP contribution in [0.15, 0.2) is 29.5 Å². The summed E-state index contributed by atoms with van der Waals surface area (Å²) in [6, 6.07) is 2.14. The number of carbonyl (C=O) groups is 2. The Morgan fingerprint density at radius 2 is 1.85 bits per heavy atom. The van der Waals surface area contributed by atoms with Gasteiger partial charge in [0, 0.05) is 11.8 Å². The average Bonchev–Trinajstić information content (AvgIpc) is 2.64. The topological polar surface area (TPSA) is 108 Å². The number of nitro groups is 1. The number of esters is 2. The fraction of sp³-hybridized carbons (Fsp3) is 0.333. The van der Waals surface area contributed by atoms with Crippen molar-refractivity contribution in [3.8, 4) is 0 Å². The summed E-state index contributed by atoms with van der Waals surface area (Å²) in [5, 5.41) is 10.9. The van der Waals surface area contributed by atoms with E-state index in [-0.39, 0.29) is 30.3 Å². The van der Waals surface area contributed by atoms with Crippen molar-refractivity contribution in [2.75, 3.05) is 32.5 Å². The second-order valence-corrected chi connectivity index (χ2v) is 5.17. The normalized spacial score (nSPS) is 14.8. The van der Waals surface area contributed by atoms with Crippen LogP contribution in [0.1, 0.15) is 5.56 Å². The lowest BCUT2D eigenvalue weighted by atomic mass is 10.1. The van der Waals surface area contributed by atoms with E-state index in [0.29, 0.717) is 12.1 Å². The number of rotatable bonds is 4. The molecule has 1 aliphatic heterocycles. The van der Waals surface area contributed by atoms with Crippen LogP contribution in [0.4, 0.5) is 24.5 Å². The number of nitrogens with zero attached hydrogens (tertiary/aromatic N) is 2. The molecule has 0 aliphatic carbocycles. The number of alkyl halides is 3. The van der Waals surface area contributed by atoms with E-state index in [2.05, 4.69) is 9.47 Å². The highest BCUT2D eigenvalue weighted by Crippen LogP contribution is 2.39. The number of anilines is 1. The second-order valence-electron chi connectivity index (χ2n) is 5.17. The Labute approximate surface area is 150 Å². The number of ether oxygens (including phenoxy) is 3. The molecule has 0 bridgehead atoms. The highest BCUT2D eigenvalue weighted by molar-refractivity contribution is 6.03. The summed E-state index contributed by atoms with van der Waals surface area (Å²) in [7, 11) is 2.08. The average molecular weight is 390 g/mol. The maximum Gasteiger partial charge on any atom is 0.423 e. The number of hydrogen-bond acceptors (Lipinski definition) is 8. The van der Waals surface area contributed by atoms with Crippen LogP contribution in [0.25, 0.3) is 0 Å². The lowest BCUT2D eigenvalue weighted by Gasteiger charge is -2.31. The van der Waals surface area contributed by atoms with Gasteiger partial charge in [0.15, 0.2) is 0 Å². The van der Waals surface area contributed by atoms with Crippen LogP contribution >= 0.6 is 0 Å². The summed E-state index contributed by atoms with van der Waals surface area (Å²) in [6.45, 7) is -0.716. The Hall–Kier alpha value is -3.15. The minimum atomic E-state index is -5.02. The van der Waals surface area contributed by atoms with E-state index in [1.165, 1.54) is 0 Å². The molecule has 0 fully saturated rings. The number of nitro benzene ring substituents is 1. The first-order valence-corrected chi connectivity index (χ1v) is 7.22. The van der Waals surface area contributed by atoms with Crippen molar-refractivity contribution in [1.29, 1.82) is 0 Å². The van der Waals surface area contributed by atoms with Crippen molar-refractivity contribution in [1.82, 2.24) is 0 Å². The maximum atomic E-state index is 13.2. The van der Waals surface area contributed by atoms with Gasteiger partial charge in [0.05, 0.1) is 31.3 Å². The molecule has 146 valence electrons. The van der Waals surface area contributed by atoms with Crippen molar-refractivity contribution in [3.05, 3.63) is 45.1 Å². The fourth-order valence-corrected chi connectivity index (χ4v) is 2.43. The summed E-state index contributed by atoms with van der Waals surface area (Å²) in [5.41, 5.74) is -3.56. The van der Waals surface area contributed by atoms with Crippen molar-refractivity contribution < 1.29 is 41.9 Å². The molecule has 0 spiro atoms. The highest BCUT2D eigenvalue weighted by atomic mass is 19.4. The standard InChI is InChI=1S/C15H13F3N2O7/c1-25-13(21)9-6-27-7-19(12(9)14(22)26-2)8-3-4-11(20(23)24)10(5-8)15(16,17)18/h3-5H,6-7H2,1-2H3. The van der Waals surface area contributed by atoms with Gasteiger partial charge < -0.3 is 19.1 Å². The first-order valence-electron chi connectivity index (χ1n) is 7.22. The van der Waals surface area contributed by atoms with Gasteiger partial charge >= 0.3 is 18.1 Å². The molecule has 1 aromatic carbocycles. The predicted molar refractivity (Wildman–Crippen MR) is 82.5 cm³/mol. The molecule has 0 unspecified atom stereocenters. The summed E-state index contributed by atoms with van der Waals surface area (Å²) in [5.74, 6) is -1.94. The molecule has 0 N–H and O–H groups in total. The molecule has 0 saturated carbocycles. The Bertz CT molecular complexity index is 820. The number of benzene rings is 1. The molecule has 0 aromatic heterocycles. The number of halogens is 3. The zero-order valence-corrected chi connectivity index (χ0v) is 14.0. The monoisotopic (exact) mass is 390 g/mol. The van der Waals surface area contributed by atoms with E-state index in [1.54, 1.807) is 0 Å². The molecule has 1 heterocycles. The SMILES string of the molecule is COC(=O)C1=C(C(=O)OC)N(c2ccc([N+](=O)[O-])c(C(F)(F)F)c2)COC1. The lowest BCUT2D eigenvalue weighted by Crippen LogP contribution is -2.38. The van der Waals surface area contributed by atoms with Gasteiger partial charge in [-0.2, -0.15) is 13.2 Å². The molecule has 0 saturated heterocycles. The molecule has 12 heteroatoms. The van der Waals surface area contributed by atoms with Gasteiger partial charge in [0.25, 0.3) is 5.69 Å². The zero-order valence-electron chi connectivity index (χ0n) is 14.0. The van der Waals surface area contributed by atoms with Crippen LogP contribution in [0.2, 0.25) is 0 Å². The molecule has 0 atom stereocenters. The lowest BCUT2D eigenvalue weighted by molar-refractivity contribution is -0.388. The third-order valence-corrected chi connectivity index (χ3v) is 3.63. The molecular formula is C15H13F3N2O7. The number of carbonyl (C=O) groups excluding carboxylic acids is 2. The largest absolute Gasteiger partial charge is 0.466 e. The maximum absolute atomic E-state index is 13.2.